The number of hydrogen-bond acceptors (Lipinski definition) is 4. The second kappa shape index (κ2) is 8.58. The van der Waals surface area contributed by atoms with Crippen LogP contribution < -0.4 is 10.2 Å². The molecular formula is C17H20N2O4S. The lowest BCUT2D eigenvalue weighted by molar-refractivity contribution is -0.134. The van der Waals surface area contributed by atoms with E-state index in [2.05, 4.69) is 10.2 Å². The van der Waals surface area contributed by atoms with Crippen LogP contribution in [0.15, 0.2) is 59.5 Å². The van der Waals surface area contributed by atoms with Gasteiger partial charge in [-0.15, -0.1) is 0 Å². The predicted molar refractivity (Wildman–Crippen MR) is 90.4 cm³/mol. The van der Waals surface area contributed by atoms with Gasteiger partial charge in [-0.3, -0.25) is 9.63 Å². The maximum atomic E-state index is 11.7. The highest BCUT2D eigenvalue weighted by Crippen LogP contribution is 2.11. The Kier molecular flexibility index (Phi) is 6.48. The average Bonchev–Trinajstić information content (AvgIpc) is 2.61. The normalized spacial score (nSPS) is 11.2. The molecule has 0 aliphatic heterocycles. The number of carbonyl (C=O) groups excluding carboxylic acids is 1. The molecule has 2 N–H and O–H groups in total. The topological polar surface area (TPSA) is 84.5 Å². The van der Waals surface area contributed by atoms with Gasteiger partial charge in [-0.25, -0.2) is 18.6 Å². The third kappa shape index (κ3) is 5.45. The van der Waals surface area contributed by atoms with Crippen LogP contribution in [0.4, 0.5) is 0 Å². The van der Waals surface area contributed by atoms with Crippen molar-refractivity contribution in [2.75, 3.05) is 7.05 Å². The molecule has 0 bridgehead atoms. The van der Waals surface area contributed by atoms with Crippen molar-refractivity contribution in [1.82, 2.24) is 10.2 Å². The van der Waals surface area contributed by atoms with Crippen molar-refractivity contribution in [3.8, 4) is 0 Å². The molecule has 0 saturated heterocycles. The van der Waals surface area contributed by atoms with Crippen LogP contribution in [0.2, 0.25) is 0 Å². The molecular weight excluding hydrogens is 328 g/mol. The molecule has 2 rings (SSSR count). The summed E-state index contributed by atoms with van der Waals surface area (Å²) < 4.78 is 25.5. The molecule has 1 amide bonds. The monoisotopic (exact) mass is 348 g/mol. The lowest BCUT2D eigenvalue weighted by Gasteiger charge is -2.07. The molecule has 0 aromatic heterocycles. The molecule has 6 nitrogen and oxygen atoms in total. The van der Waals surface area contributed by atoms with E-state index in [1.165, 1.54) is 19.2 Å². The number of benzene rings is 2. The SMILES string of the molecule is CNS(=O)(=O)c1ccc(CCC(=O)NOCc2ccccc2)cc1. The Labute approximate surface area is 141 Å². The molecule has 0 aliphatic rings. The molecule has 0 heterocycles. The molecule has 0 unspecified atom stereocenters. The lowest BCUT2D eigenvalue weighted by Crippen LogP contribution is -2.23. The zero-order chi connectivity index (χ0) is 17.4. The van der Waals surface area contributed by atoms with Crippen molar-refractivity contribution >= 4 is 15.9 Å². The van der Waals surface area contributed by atoms with E-state index in [0.717, 1.165) is 11.1 Å². The largest absolute Gasteiger partial charge is 0.273 e. The van der Waals surface area contributed by atoms with Crippen LogP contribution in [-0.4, -0.2) is 21.4 Å². The van der Waals surface area contributed by atoms with E-state index >= 15 is 0 Å². The van der Waals surface area contributed by atoms with Crippen LogP contribution >= 0.6 is 0 Å². The number of sulfonamides is 1. The molecule has 0 saturated carbocycles. The molecule has 0 radical (unpaired) electrons. The van der Waals surface area contributed by atoms with Gasteiger partial charge in [0.05, 0.1) is 11.5 Å². The summed E-state index contributed by atoms with van der Waals surface area (Å²) in [5.74, 6) is -0.224. The number of hydroxylamine groups is 1. The first kappa shape index (κ1) is 18.1. The zero-order valence-corrected chi connectivity index (χ0v) is 14.2. The van der Waals surface area contributed by atoms with Crippen LogP contribution in [0.25, 0.3) is 0 Å². The van der Waals surface area contributed by atoms with Gasteiger partial charge in [0.1, 0.15) is 0 Å². The molecule has 24 heavy (non-hydrogen) atoms. The van der Waals surface area contributed by atoms with Crippen molar-refractivity contribution in [2.45, 2.75) is 24.3 Å². The molecule has 2 aromatic carbocycles. The van der Waals surface area contributed by atoms with Crippen LogP contribution in [-0.2, 0) is 32.7 Å². The fraction of sp³-hybridized carbons (Fsp3) is 0.235. The first-order valence-corrected chi connectivity index (χ1v) is 8.96. The first-order chi connectivity index (χ1) is 11.5. The molecule has 128 valence electrons. The molecule has 0 fully saturated rings. The Bertz CT molecular complexity index is 759. The first-order valence-electron chi connectivity index (χ1n) is 7.48. The molecule has 0 aliphatic carbocycles. The summed E-state index contributed by atoms with van der Waals surface area (Å²) in [5, 5.41) is 0. The third-order valence-electron chi connectivity index (χ3n) is 3.41. The fourth-order valence-electron chi connectivity index (χ4n) is 2.04. The molecule has 0 spiro atoms. The Hall–Kier alpha value is -2.22. The highest BCUT2D eigenvalue weighted by atomic mass is 32.2. The maximum Gasteiger partial charge on any atom is 0.243 e. The second-order valence-corrected chi connectivity index (χ2v) is 7.04. The van der Waals surface area contributed by atoms with Gasteiger partial charge in [0, 0.05) is 6.42 Å². The third-order valence-corrected chi connectivity index (χ3v) is 4.84. The smallest absolute Gasteiger partial charge is 0.243 e. The number of carbonyl (C=O) groups is 1. The van der Waals surface area contributed by atoms with Crippen LogP contribution in [0.5, 0.6) is 0 Å². The van der Waals surface area contributed by atoms with Crippen molar-refractivity contribution in [3.05, 3.63) is 65.7 Å². The van der Waals surface area contributed by atoms with Gasteiger partial charge in [-0.1, -0.05) is 42.5 Å². The number of nitrogens with one attached hydrogen (secondary N) is 2. The summed E-state index contributed by atoms with van der Waals surface area (Å²) in [6.07, 6.45) is 0.757. The van der Waals surface area contributed by atoms with Crippen molar-refractivity contribution < 1.29 is 18.0 Å². The van der Waals surface area contributed by atoms with Crippen molar-refractivity contribution in [3.63, 3.8) is 0 Å². The molecule has 2 aromatic rings. The Morgan fingerprint density at radius 1 is 1.00 bits per heavy atom. The van der Waals surface area contributed by atoms with Gasteiger partial charge in [-0.2, -0.15) is 0 Å². The Morgan fingerprint density at radius 3 is 2.29 bits per heavy atom. The fourth-order valence-corrected chi connectivity index (χ4v) is 2.77. The summed E-state index contributed by atoms with van der Waals surface area (Å²) >= 11 is 0. The van der Waals surface area contributed by atoms with Crippen LogP contribution in [0.1, 0.15) is 17.5 Å². The Morgan fingerprint density at radius 2 is 1.67 bits per heavy atom. The second-order valence-electron chi connectivity index (χ2n) is 5.15. The van der Waals surface area contributed by atoms with E-state index in [-0.39, 0.29) is 17.2 Å². The van der Waals surface area contributed by atoms with Crippen molar-refractivity contribution in [1.29, 1.82) is 0 Å². The summed E-state index contributed by atoms with van der Waals surface area (Å²) in [6, 6.07) is 16.0. The minimum atomic E-state index is -3.43. The van der Waals surface area contributed by atoms with E-state index in [4.69, 9.17) is 4.84 Å². The standard InChI is InChI=1S/C17H20N2O4S/c1-18-24(21,22)16-10-7-14(8-11-16)9-12-17(20)19-23-13-15-5-3-2-4-6-15/h2-8,10-11,18H,9,12-13H2,1H3,(H,19,20). The van der Waals surface area contributed by atoms with Gasteiger partial charge >= 0.3 is 0 Å². The highest BCUT2D eigenvalue weighted by Gasteiger charge is 2.10. The molecule has 0 atom stereocenters. The van der Waals surface area contributed by atoms with Gasteiger partial charge in [0.2, 0.25) is 15.9 Å². The van der Waals surface area contributed by atoms with E-state index in [0.29, 0.717) is 13.0 Å². The van der Waals surface area contributed by atoms with E-state index in [1.54, 1.807) is 12.1 Å². The minimum absolute atomic E-state index is 0.199. The summed E-state index contributed by atoms with van der Waals surface area (Å²) in [5.41, 5.74) is 4.25. The summed E-state index contributed by atoms with van der Waals surface area (Å²) in [6.45, 7) is 0.309. The predicted octanol–water partition coefficient (Wildman–Crippen LogP) is 1.78. The summed E-state index contributed by atoms with van der Waals surface area (Å²) in [4.78, 5) is 17.1. The van der Waals surface area contributed by atoms with Gasteiger partial charge < -0.3 is 0 Å². The number of rotatable bonds is 8. The zero-order valence-electron chi connectivity index (χ0n) is 13.4. The Balaban J connectivity index is 1.75. The maximum absolute atomic E-state index is 11.7. The number of amides is 1. The van der Waals surface area contributed by atoms with Crippen molar-refractivity contribution in [2.24, 2.45) is 0 Å². The summed E-state index contributed by atoms with van der Waals surface area (Å²) in [7, 11) is -2.07. The number of aryl methyl sites for hydroxylation is 1. The minimum Gasteiger partial charge on any atom is -0.273 e. The van der Waals surface area contributed by atoms with Crippen LogP contribution in [0, 0.1) is 0 Å². The van der Waals surface area contributed by atoms with Gasteiger partial charge in [0.25, 0.3) is 0 Å². The quantitative estimate of drug-likeness (QED) is 0.712. The van der Waals surface area contributed by atoms with E-state index in [1.807, 2.05) is 30.3 Å². The van der Waals surface area contributed by atoms with Gasteiger partial charge in [-0.05, 0) is 36.7 Å². The molecule has 7 heteroatoms. The average molecular weight is 348 g/mol. The lowest BCUT2D eigenvalue weighted by atomic mass is 10.1. The van der Waals surface area contributed by atoms with E-state index in [9.17, 15) is 13.2 Å². The van der Waals surface area contributed by atoms with E-state index < -0.39 is 10.0 Å². The van der Waals surface area contributed by atoms with Crippen LogP contribution in [0.3, 0.4) is 0 Å². The van der Waals surface area contributed by atoms with Gasteiger partial charge in [0.15, 0.2) is 0 Å². The number of hydrogen-bond donors (Lipinski definition) is 2. The highest BCUT2D eigenvalue weighted by molar-refractivity contribution is 7.89.